The molecule has 0 aromatic carbocycles. The quantitative estimate of drug-likeness (QED) is 0.616. The van der Waals surface area contributed by atoms with E-state index in [-0.39, 0.29) is 17.6 Å². The van der Waals surface area contributed by atoms with E-state index in [1.54, 1.807) is 18.3 Å². The number of carbonyl (C=O) groups is 1. The van der Waals surface area contributed by atoms with Crippen molar-refractivity contribution in [3.05, 3.63) is 30.3 Å². The number of Topliss-reactive ketones (excluding diaryl/α,β-unsaturated/α-hetero) is 1. The Balaban J connectivity index is 2.33. The summed E-state index contributed by atoms with van der Waals surface area (Å²) in [7, 11) is 0. The fourth-order valence-electron chi connectivity index (χ4n) is 2.59. The van der Waals surface area contributed by atoms with Gasteiger partial charge in [0.2, 0.25) is 5.78 Å². The molecular formula is C15H22FN2O+. The molecule has 0 saturated carbocycles. The number of piperidine rings is 1. The Labute approximate surface area is 114 Å². The zero-order valence-corrected chi connectivity index (χ0v) is 11.7. The van der Waals surface area contributed by atoms with Crippen molar-refractivity contribution < 1.29 is 13.8 Å². The summed E-state index contributed by atoms with van der Waals surface area (Å²) < 4.78 is 15.5. The van der Waals surface area contributed by atoms with Crippen LogP contribution in [0.15, 0.2) is 24.4 Å². The maximum Gasteiger partial charge on any atom is 0.361 e. The second-order valence-electron chi connectivity index (χ2n) is 5.46. The first-order valence-corrected chi connectivity index (χ1v) is 7.04. The lowest BCUT2D eigenvalue weighted by Crippen LogP contribution is -2.57. The summed E-state index contributed by atoms with van der Waals surface area (Å²) in [5.74, 6) is -0.372. The third-order valence-electron chi connectivity index (χ3n) is 3.66. The number of likely N-dealkylation sites (tertiary alicyclic amines) is 1. The Kier molecular flexibility index (Phi) is 4.64. The van der Waals surface area contributed by atoms with E-state index < -0.39 is 6.17 Å². The highest BCUT2D eigenvalue weighted by Crippen LogP contribution is 2.19. The van der Waals surface area contributed by atoms with Crippen molar-refractivity contribution in [3.8, 4) is 0 Å². The standard InChI is InChI=1S/C15H22FN2O/c1-12(2)14(19)15(17-9-5-3-6-10-17)18-11-7-4-8-13(18)16/h4,7-8,11-12,15H,3,5-6,9-10H2,1-2H3/q+1/t15-/m1/s1. The van der Waals surface area contributed by atoms with Gasteiger partial charge in [0.05, 0.1) is 0 Å². The highest BCUT2D eigenvalue weighted by molar-refractivity contribution is 5.82. The van der Waals surface area contributed by atoms with E-state index in [4.69, 9.17) is 0 Å². The molecule has 1 aliphatic rings. The Morgan fingerprint density at radius 1 is 1.26 bits per heavy atom. The number of nitrogens with zero attached hydrogens (tertiary/aromatic N) is 2. The van der Waals surface area contributed by atoms with E-state index in [1.807, 2.05) is 13.8 Å². The summed E-state index contributed by atoms with van der Waals surface area (Å²) in [5.41, 5.74) is 0. The Morgan fingerprint density at radius 3 is 2.53 bits per heavy atom. The number of hydrogen-bond donors (Lipinski definition) is 0. The van der Waals surface area contributed by atoms with E-state index >= 15 is 0 Å². The van der Waals surface area contributed by atoms with Gasteiger partial charge in [-0.3, -0.25) is 4.79 Å². The Morgan fingerprint density at radius 2 is 1.95 bits per heavy atom. The predicted molar refractivity (Wildman–Crippen MR) is 70.9 cm³/mol. The first-order chi connectivity index (χ1) is 9.11. The van der Waals surface area contributed by atoms with Crippen LogP contribution in [-0.4, -0.2) is 23.8 Å². The Bertz CT molecular complexity index is 442. The summed E-state index contributed by atoms with van der Waals surface area (Å²) in [4.78, 5) is 14.6. The Hall–Kier alpha value is -1.29. The molecule has 4 heteroatoms. The van der Waals surface area contributed by atoms with E-state index in [0.717, 1.165) is 25.9 Å². The second kappa shape index (κ2) is 6.24. The van der Waals surface area contributed by atoms with Crippen LogP contribution in [0.5, 0.6) is 0 Å². The lowest BCUT2D eigenvalue weighted by molar-refractivity contribution is -0.754. The van der Waals surface area contributed by atoms with Crippen LogP contribution in [0, 0.1) is 11.9 Å². The molecule has 1 aliphatic heterocycles. The zero-order valence-electron chi connectivity index (χ0n) is 11.7. The van der Waals surface area contributed by atoms with Gasteiger partial charge in [0, 0.05) is 31.1 Å². The third-order valence-corrected chi connectivity index (χ3v) is 3.66. The largest absolute Gasteiger partial charge is 0.361 e. The maximum atomic E-state index is 14.0. The predicted octanol–water partition coefficient (Wildman–Crippen LogP) is 2.32. The minimum Gasteiger partial charge on any atom is -0.290 e. The summed E-state index contributed by atoms with van der Waals surface area (Å²) in [6.45, 7) is 5.48. The zero-order chi connectivity index (χ0) is 13.8. The van der Waals surface area contributed by atoms with E-state index in [9.17, 15) is 9.18 Å². The monoisotopic (exact) mass is 265 g/mol. The first kappa shape index (κ1) is 14.1. The minimum absolute atomic E-state index is 0.0806. The molecule has 1 atom stereocenters. The van der Waals surface area contributed by atoms with E-state index in [2.05, 4.69) is 4.90 Å². The molecule has 0 unspecified atom stereocenters. The molecule has 0 bridgehead atoms. The average Bonchev–Trinajstić information content (AvgIpc) is 2.42. The molecular weight excluding hydrogens is 243 g/mol. The van der Waals surface area contributed by atoms with Gasteiger partial charge < -0.3 is 0 Å². The molecule has 0 aliphatic carbocycles. The summed E-state index contributed by atoms with van der Waals surface area (Å²) in [5, 5.41) is 0. The highest BCUT2D eigenvalue weighted by atomic mass is 19.1. The van der Waals surface area contributed by atoms with Crippen LogP contribution < -0.4 is 4.57 Å². The van der Waals surface area contributed by atoms with Crippen LogP contribution in [0.1, 0.15) is 39.3 Å². The van der Waals surface area contributed by atoms with Gasteiger partial charge in [-0.1, -0.05) is 20.3 Å². The van der Waals surface area contributed by atoms with Crippen LogP contribution in [0.25, 0.3) is 0 Å². The molecule has 0 N–H and O–H groups in total. The van der Waals surface area contributed by atoms with Gasteiger partial charge in [-0.05, 0) is 18.9 Å². The molecule has 104 valence electrons. The topological polar surface area (TPSA) is 24.2 Å². The number of rotatable bonds is 4. The summed E-state index contributed by atoms with van der Waals surface area (Å²) >= 11 is 0. The molecule has 0 amide bonds. The second-order valence-corrected chi connectivity index (χ2v) is 5.46. The van der Waals surface area contributed by atoms with Gasteiger partial charge in [-0.25, -0.2) is 4.90 Å². The normalized spacial score (nSPS) is 18.5. The van der Waals surface area contributed by atoms with Crippen molar-refractivity contribution in [2.24, 2.45) is 5.92 Å². The van der Waals surface area contributed by atoms with Crippen LogP contribution in [0.3, 0.4) is 0 Å². The van der Waals surface area contributed by atoms with Crippen LogP contribution in [0.4, 0.5) is 4.39 Å². The fourth-order valence-corrected chi connectivity index (χ4v) is 2.59. The maximum absolute atomic E-state index is 14.0. The van der Waals surface area contributed by atoms with Gasteiger partial charge in [0.15, 0.2) is 6.20 Å². The summed E-state index contributed by atoms with van der Waals surface area (Å²) in [6, 6.07) is 4.83. The molecule has 2 heterocycles. The molecule has 1 aromatic heterocycles. The van der Waals surface area contributed by atoms with Crippen LogP contribution >= 0.6 is 0 Å². The van der Waals surface area contributed by atoms with Crippen molar-refractivity contribution in [1.82, 2.24) is 4.90 Å². The minimum atomic E-state index is -0.499. The lowest BCUT2D eigenvalue weighted by atomic mass is 10.0. The van der Waals surface area contributed by atoms with Crippen molar-refractivity contribution in [2.75, 3.05) is 13.1 Å². The number of ketones is 1. The van der Waals surface area contributed by atoms with Crippen LogP contribution in [0.2, 0.25) is 0 Å². The first-order valence-electron chi connectivity index (χ1n) is 7.04. The number of halogens is 1. The highest BCUT2D eigenvalue weighted by Gasteiger charge is 2.37. The van der Waals surface area contributed by atoms with Crippen molar-refractivity contribution >= 4 is 5.78 Å². The number of carbonyl (C=O) groups excluding carboxylic acids is 1. The van der Waals surface area contributed by atoms with Gasteiger partial charge in [0.1, 0.15) is 0 Å². The number of pyridine rings is 1. The van der Waals surface area contributed by atoms with Crippen LogP contribution in [-0.2, 0) is 4.79 Å². The lowest BCUT2D eigenvalue weighted by Gasteiger charge is -2.30. The third kappa shape index (κ3) is 3.18. The summed E-state index contributed by atoms with van der Waals surface area (Å²) in [6.07, 6.45) is 4.52. The molecule has 1 saturated heterocycles. The molecule has 1 fully saturated rings. The fraction of sp³-hybridized carbons (Fsp3) is 0.600. The number of aromatic nitrogens is 1. The SMILES string of the molecule is CC(C)C(=O)[C@H](N1CCCCC1)[n+]1ccccc1F. The van der Waals surface area contributed by atoms with Gasteiger partial charge in [-0.15, -0.1) is 8.96 Å². The average molecular weight is 265 g/mol. The molecule has 0 radical (unpaired) electrons. The van der Waals surface area contributed by atoms with Crippen molar-refractivity contribution in [2.45, 2.75) is 39.3 Å². The smallest absolute Gasteiger partial charge is 0.290 e. The molecule has 3 nitrogen and oxygen atoms in total. The molecule has 19 heavy (non-hydrogen) atoms. The number of hydrogen-bond acceptors (Lipinski definition) is 2. The molecule has 2 rings (SSSR count). The van der Waals surface area contributed by atoms with Crippen molar-refractivity contribution in [1.29, 1.82) is 0 Å². The molecule has 0 spiro atoms. The van der Waals surface area contributed by atoms with E-state index in [1.165, 1.54) is 17.1 Å². The van der Waals surface area contributed by atoms with Gasteiger partial charge in [-0.2, -0.15) is 0 Å². The molecule has 1 aromatic rings. The van der Waals surface area contributed by atoms with Gasteiger partial charge >= 0.3 is 5.95 Å². The van der Waals surface area contributed by atoms with Crippen molar-refractivity contribution in [3.63, 3.8) is 0 Å². The van der Waals surface area contributed by atoms with Gasteiger partial charge in [0.25, 0.3) is 6.17 Å². The van der Waals surface area contributed by atoms with E-state index in [0.29, 0.717) is 0 Å².